The standard InChI is InChI=1S/C28H28Cl2F3N5O3/c1-15-8-16(10-18(30)9-15)20-11-17(29)2-3-19(20)24(28(31,32)33)41-23-12-22(36-26(34)37-23)38-6-4-27(5-7-38)13-21(25(39)40)35-14-27/h2-3,8-12,21,24,35H,4-7,13-14H2,1H3,(H,39,40)(H2,34,36,37)/t21-,24+/m0/s1. The topological polar surface area (TPSA) is 114 Å². The minimum atomic E-state index is -4.82. The fourth-order valence-electron chi connectivity index (χ4n) is 5.66. The molecule has 0 aliphatic carbocycles. The summed E-state index contributed by atoms with van der Waals surface area (Å²) in [6, 6.07) is 9.85. The highest BCUT2D eigenvalue weighted by atomic mass is 35.5. The summed E-state index contributed by atoms with van der Waals surface area (Å²) in [6.45, 7) is 3.45. The van der Waals surface area contributed by atoms with Crippen LogP contribution in [0.3, 0.4) is 0 Å². The number of alkyl halides is 3. The summed E-state index contributed by atoms with van der Waals surface area (Å²) >= 11 is 12.4. The number of aryl methyl sites for hydroxylation is 1. The van der Waals surface area contributed by atoms with Gasteiger partial charge in [0.15, 0.2) is 0 Å². The first kappa shape index (κ1) is 29.2. The highest BCUT2D eigenvalue weighted by Crippen LogP contribution is 2.44. The summed E-state index contributed by atoms with van der Waals surface area (Å²) in [5.74, 6) is -1.09. The second kappa shape index (κ2) is 11.2. The second-order valence-corrected chi connectivity index (χ2v) is 11.5. The summed E-state index contributed by atoms with van der Waals surface area (Å²) in [6.07, 6.45) is -5.29. The highest BCUT2D eigenvalue weighted by molar-refractivity contribution is 6.31. The van der Waals surface area contributed by atoms with E-state index in [1.54, 1.807) is 25.1 Å². The highest BCUT2D eigenvalue weighted by Gasteiger charge is 2.46. The van der Waals surface area contributed by atoms with Gasteiger partial charge in [-0.3, -0.25) is 4.79 Å². The summed E-state index contributed by atoms with van der Waals surface area (Å²) in [5, 5.41) is 13.0. The van der Waals surface area contributed by atoms with Crippen molar-refractivity contribution >= 4 is 40.9 Å². The third-order valence-electron chi connectivity index (χ3n) is 7.70. The Hall–Kier alpha value is -3.28. The van der Waals surface area contributed by atoms with Gasteiger partial charge in [0.2, 0.25) is 17.9 Å². The number of hydrogen-bond donors (Lipinski definition) is 3. The second-order valence-electron chi connectivity index (χ2n) is 10.7. The predicted molar refractivity (Wildman–Crippen MR) is 150 cm³/mol. The third-order valence-corrected chi connectivity index (χ3v) is 8.15. The molecule has 3 heterocycles. The number of aliphatic carboxylic acids is 1. The third kappa shape index (κ3) is 6.47. The van der Waals surface area contributed by atoms with Gasteiger partial charge in [0.1, 0.15) is 11.9 Å². The molecule has 0 radical (unpaired) electrons. The lowest BCUT2D eigenvalue weighted by Crippen LogP contribution is -2.41. The molecule has 0 bridgehead atoms. The van der Waals surface area contributed by atoms with Crippen molar-refractivity contribution in [3.8, 4) is 17.0 Å². The number of nitrogen functional groups attached to an aromatic ring is 1. The van der Waals surface area contributed by atoms with Crippen LogP contribution in [0.4, 0.5) is 24.9 Å². The summed E-state index contributed by atoms with van der Waals surface area (Å²) < 4.78 is 49.2. The van der Waals surface area contributed by atoms with Crippen molar-refractivity contribution in [2.75, 3.05) is 30.3 Å². The molecule has 218 valence electrons. The lowest BCUT2D eigenvalue weighted by Gasteiger charge is -2.39. The van der Waals surface area contributed by atoms with E-state index >= 15 is 0 Å². The molecule has 2 aromatic carbocycles. The monoisotopic (exact) mass is 609 g/mol. The molecule has 0 unspecified atom stereocenters. The van der Waals surface area contributed by atoms with Gasteiger partial charge in [-0.05, 0) is 72.6 Å². The minimum absolute atomic E-state index is 0.150. The molecule has 5 rings (SSSR count). The number of carboxylic acid groups (broad SMARTS) is 1. The number of rotatable bonds is 6. The zero-order chi connectivity index (χ0) is 29.5. The normalized spacial score (nSPS) is 19.4. The number of carboxylic acids is 1. The molecule has 2 aliphatic rings. The van der Waals surface area contributed by atoms with E-state index in [4.69, 9.17) is 33.7 Å². The number of piperidine rings is 1. The number of anilines is 2. The van der Waals surface area contributed by atoms with Crippen LogP contribution in [0.1, 0.15) is 36.5 Å². The smallest absolute Gasteiger partial charge is 0.429 e. The van der Waals surface area contributed by atoms with E-state index in [-0.39, 0.29) is 33.4 Å². The van der Waals surface area contributed by atoms with Gasteiger partial charge >= 0.3 is 12.1 Å². The average molecular weight is 610 g/mol. The van der Waals surface area contributed by atoms with Crippen molar-refractivity contribution < 1.29 is 27.8 Å². The number of ether oxygens (including phenoxy) is 1. The van der Waals surface area contributed by atoms with Crippen LogP contribution in [0, 0.1) is 12.3 Å². The first-order valence-corrected chi connectivity index (χ1v) is 13.7. The number of carbonyl (C=O) groups is 1. The van der Waals surface area contributed by atoms with E-state index < -0.39 is 24.3 Å². The Morgan fingerprint density at radius 3 is 2.51 bits per heavy atom. The van der Waals surface area contributed by atoms with Crippen LogP contribution in [0.5, 0.6) is 5.88 Å². The Morgan fingerprint density at radius 1 is 1.15 bits per heavy atom. The largest absolute Gasteiger partial charge is 0.480 e. The molecular formula is C28H28Cl2F3N5O3. The Morgan fingerprint density at radius 2 is 1.88 bits per heavy atom. The van der Waals surface area contributed by atoms with Gasteiger partial charge < -0.3 is 25.8 Å². The molecule has 0 saturated carbocycles. The molecule has 3 aromatic rings. The van der Waals surface area contributed by atoms with E-state index in [0.717, 1.165) is 5.56 Å². The fourth-order valence-corrected chi connectivity index (χ4v) is 6.12. The molecule has 8 nitrogen and oxygen atoms in total. The number of nitrogens with zero attached hydrogens (tertiary/aromatic N) is 3. The molecule has 1 aromatic heterocycles. The van der Waals surface area contributed by atoms with Crippen LogP contribution in [-0.4, -0.2) is 52.9 Å². The van der Waals surface area contributed by atoms with Gasteiger partial charge in [0.25, 0.3) is 0 Å². The molecule has 2 saturated heterocycles. The lowest BCUT2D eigenvalue weighted by atomic mass is 9.76. The van der Waals surface area contributed by atoms with E-state index in [0.29, 0.717) is 55.3 Å². The summed E-state index contributed by atoms with van der Waals surface area (Å²) in [7, 11) is 0. The quantitative estimate of drug-likeness (QED) is 0.309. The first-order chi connectivity index (χ1) is 19.3. The van der Waals surface area contributed by atoms with Crippen LogP contribution in [0.25, 0.3) is 11.1 Å². The van der Waals surface area contributed by atoms with Crippen molar-refractivity contribution in [1.82, 2.24) is 15.3 Å². The van der Waals surface area contributed by atoms with Crippen LogP contribution in [0.2, 0.25) is 10.0 Å². The molecule has 2 aliphatic heterocycles. The maximum absolute atomic E-state index is 14.5. The van der Waals surface area contributed by atoms with Crippen LogP contribution in [-0.2, 0) is 4.79 Å². The molecule has 2 fully saturated rings. The van der Waals surface area contributed by atoms with Crippen LogP contribution >= 0.6 is 23.2 Å². The lowest BCUT2D eigenvalue weighted by molar-refractivity contribution is -0.198. The van der Waals surface area contributed by atoms with Gasteiger partial charge in [0.05, 0.1) is 0 Å². The van der Waals surface area contributed by atoms with Gasteiger partial charge in [-0.1, -0.05) is 35.3 Å². The average Bonchev–Trinajstić information content (AvgIpc) is 3.30. The number of aromatic nitrogens is 2. The van der Waals surface area contributed by atoms with Crippen molar-refractivity contribution in [2.24, 2.45) is 5.41 Å². The SMILES string of the molecule is Cc1cc(Cl)cc(-c2cc(Cl)ccc2[C@@H](Oc2cc(N3CCC4(CC3)CN[C@H](C(=O)O)C4)nc(N)n2)C(F)(F)F)c1. The Balaban J connectivity index is 1.43. The number of hydrogen-bond acceptors (Lipinski definition) is 7. The molecule has 2 atom stereocenters. The van der Waals surface area contributed by atoms with E-state index in [2.05, 4.69) is 15.3 Å². The Bertz CT molecular complexity index is 1440. The molecular weight excluding hydrogens is 582 g/mol. The maximum Gasteiger partial charge on any atom is 0.429 e. The van der Waals surface area contributed by atoms with E-state index in [1.165, 1.54) is 24.3 Å². The number of nitrogens with one attached hydrogen (secondary N) is 1. The number of benzene rings is 2. The number of halogens is 5. The van der Waals surface area contributed by atoms with E-state index in [1.807, 2.05) is 4.90 Å². The van der Waals surface area contributed by atoms with Crippen molar-refractivity contribution in [1.29, 1.82) is 0 Å². The van der Waals surface area contributed by atoms with Gasteiger partial charge in [-0.2, -0.15) is 23.1 Å². The number of nitrogens with two attached hydrogens (primary N) is 1. The molecule has 13 heteroatoms. The van der Waals surface area contributed by atoms with Gasteiger partial charge in [-0.15, -0.1) is 0 Å². The predicted octanol–water partition coefficient (Wildman–Crippen LogP) is 6.06. The minimum Gasteiger partial charge on any atom is -0.480 e. The first-order valence-electron chi connectivity index (χ1n) is 13.0. The molecule has 4 N–H and O–H groups in total. The molecule has 1 spiro atoms. The van der Waals surface area contributed by atoms with Crippen molar-refractivity contribution in [3.05, 3.63) is 63.6 Å². The fraction of sp³-hybridized carbons (Fsp3) is 0.393. The summed E-state index contributed by atoms with van der Waals surface area (Å²) in [4.78, 5) is 21.5. The molecule has 41 heavy (non-hydrogen) atoms. The Labute approximate surface area is 244 Å². The van der Waals surface area contributed by atoms with Gasteiger partial charge in [-0.25, -0.2) is 0 Å². The zero-order valence-corrected chi connectivity index (χ0v) is 23.5. The van der Waals surface area contributed by atoms with Gasteiger partial charge in [0, 0.05) is 41.3 Å². The van der Waals surface area contributed by atoms with Crippen molar-refractivity contribution in [3.63, 3.8) is 0 Å². The van der Waals surface area contributed by atoms with Crippen LogP contribution < -0.4 is 20.7 Å². The Kier molecular flexibility index (Phi) is 7.97. The van der Waals surface area contributed by atoms with Crippen molar-refractivity contribution in [2.45, 2.75) is 44.5 Å². The summed E-state index contributed by atoms with van der Waals surface area (Å²) in [5.41, 5.74) is 7.05. The van der Waals surface area contributed by atoms with E-state index in [9.17, 15) is 23.1 Å². The zero-order valence-electron chi connectivity index (χ0n) is 22.0. The molecule has 0 amide bonds. The maximum atomic E-state index is 14.5. The van der Waals surface area contributed by atoms with Crippen LogP contribution in [0.15, 0.2) is 42.5 Å².